The molecule has 0 radical (unpaired) electrons. The maximum Gasteiger partial charge on any atom is 0.312 e. The minimum absolute atomic E-state index is 0.0496. The van der Waals surface area contributed by atoms with E-state index in [1.54, 1.807) is 13.8 Å². The van der Waals surface area contributed by atoms with Gasteiger partial charge in [0.15, 0.2) is 0 Å². The highest BCUT2D eigenvalue weighted by Gasteiger charge is 2.20. The molecule has 1 aromatic heterocycles. The van der Waals surface area contributed by atoms with Crippen molar-refractivity contribution in [2.45, 2.75) is 19.4 Å². The summed E-state index contributed by atoms with van der Waals surface area (Å²) in [6.07, 6.45) is 0. The van der Waals surface area contributed by atoms with Gasteiger partial charge in [-0.1, -0.05) is 5.10 Å². The molecule has 0 saturated heterocycles. The Balaban J connectivity index is 2.96. The fourth-order valence-corrected chi connectivity index (χ4v) is 0.495. The van der Waals surface area contributed by atoms with E-state index < -0.39 is 5.54 Å². The van der Waals surface area contributed by atoms with Gasteiger partial charge in [-0.3, -0.25) is 0 Å². The van der Waals surface area contributed by atoms with Gasteiger partial charge in [0.1, 0.15) is 0 Å². The lowest BCUT2D eigenvalue weighted by molar-refractivity contribution is 0.386. The zero-order valence-electron chi connectivity index (χ0n) is 5.96. The van der Waals surface area contributed by atoms with Gasteiger partial charge in [-0.25, -0.2) is 0 Å². The Morgan fingerprint density at radius 2 is 2.00 bits per heavy atom. The van der Waals surface area contributed by atoms with Crippen molar-refractivity contribution in [3.63, 3.8) is 0 Å². The molecule has 0 amide bonds. The first-order valence-electron chi connectivity index (χ1n) is 2.88. The van der Waals surface area contributed by atoms with Gasteiger partial charge < -0.3 is 15.9 Å². The molecular formula is C5H10N4O. The summed E-state index contributed by atoms with van der Waals surface area (Å²) in [6.45, 7) is 3.53. The molecule has 0 aliphatic carbocycles. The zero-order valence-corrected chi connectivity index (χ0v) is 5.96. The number of nitrogen functional groups attached to an aromatic ring is 1. The Morgan fingerprint density at radius 3 is 2.20 bits per heavy atom. The normalized spacial score (nSPS) is 11.9. The highest BCUT2D eigenvalue weighted by Crippen LogP contribution is 2.14. The summed E-state index contributed by atoms with van der Waals surface area (Å²) in [6, 6.07) is 0.0496. The van der Waals surface area contributed by atoms with E-state index >= 15 is 0 Å². The van der Waals surface area contributed by atoms with E-state index in [9.17, 15) is 0 Å². The van der Waals surface area contributed by atoms with Crippen molar-refractivity contribution >= 4 is 6.01 Å². The van der Waals surface area contributed by atoms with Crippen LogP contribution in [0.1, 0.15) is 19.7 Å². The Morgan fingerprint density at radius 1 is 1.40 bits per heavy atom. The van der Waals surface area contributed by atoms with Gasteiger partial charge in [0.25, 0.3) is 0 Å². The van der Waals surface area contributed by atoms with Crippen LogP contribution in [0.5, 0.6) is 0 Å². The Hall–Kier alpha value is -1.10. The van der Waals surface area contributed by atoms with Crippen LogP contribution < -0.4 is 11.5 Å². The maximum atomic E-state index is 5.62. The van der Waals surface area contributed by atoms with Gasteiger partial charge in [0.2, 0.25) is 5.89 Å². The minimum Gasteiger partial charge on any atom is -0.406 e. The fourth-order valence-electron chi connectivity index (χ4n) is 0.495. The van der Waals surface area contributed by atoms with Crippen molar-refractivity contribution in [2.24, 2.45) is 5.73 Å². The number of anilines is 1. The lowest BCUT2D eigenvalue weighted by Crippen LogP contribution is -2.29. The molecule has 0 aliphatic heterocycles. The van der Waals surface area contributed by atoms with Crippen molar-refractivity contribution in [3.05, 3.63) is 5.89 Å². The molecule has 4 N–H and O–H groups in total. The molecule has 10 heavy (non-hydrogen) atoms. The van der Waals surface area contributed by atoms with Crippen molar-refractivity contribution in [3.8, 4) is 0 Å². The molecule has 0 unspecified atom stereocenters. The summed E-state index contributed by atoms with van der Waals surface area (Å²) in [7, 11) is 0. The van der Waals surface area contributed by atoms with Gasteiger partial charge >= 0.3 is 6.01 Å². The summed E-state index contributed by atoms with van der Waals surface area (Å²) < 4.78 is 4.88. The Labute approximate surface area is 58.4 Å². The van der Waals surface area contributed by atoms with E-state index in [1.807, 2.05) is 0 Å². The van der Waals surface area contributed by atoms with Gasteiger partial charge in [-0.05, 0) is 13.8 Å². The van der Waals surface area contributed by atoms with Crippen LogP contribution in [-0.2, 0) is 5.54 Å². The molecule has 0 saturated carbocycles. The molecule has 1 aromatic rings. The van der Waals surface area contributed by atoms with Crippen LogP contribution in [0.25, 0.3) is 0 Å². The third-order valence-corrected chi connectivity index (χ3v) is 0.992. The SMILES string of the molecule is CC(C)(N)c1nnc(N)o1. The number of rotatable bonds is 1. The number of hydrogen-bond acceptors (Lipinski definition) is 5. The van der Waals surface area contributed by atoms with Crippen molar-refractivity contribution in [1.29, 1.82) is 0 Å². The van der Waals surface area contributed by atoms with Gasteiger partial charge in [0.05, 0.1) is 5.54 Å². The minimum atomic E-state index is -0.607. The molecule has 0 aromatic carbocycles. The van der Waals surface area contributed by atoms with Crippen LogP contribution in [-0.4, -0.2) is 10.2 Å². The monoisotopic (exact) mass is 142 g/mol. The van der Waals surface area contributed by atoms with Crippen LogP contribution >= 0.6 is 0 Å². The molecule has 5 heteroatoms. The first-order chi connectivity index (χ1) is 4.50. The largest absolute Gasteiger partial charge is 0.406 e. The quantitative estimate of drug-likeness (QED) is 0.568. The molecular weight excluding hydrogens is 132 g/mol. The van der Waals surface area contributed by atoms with E-state index in [1.165, 1.54) is 0 Å². The third-order valence-electron chi connectivity index (χ3n) is 0.992. The number of nitrogens with two attached hydrogens (primary N) is 2. The van der Waals surface area contributed by atoms with Crippen LogP contribution in [0, 0.1) is 0 Å². The third kappa shape index (κ3) is 1.24. The lowest BCUT2D eigenvalue weighted by Gasteiger charge is -2.10. The smallest absolute Gasteiger partial charge is 0.312 e. The van der Waals surface area contributed by atoms with E-state index in [0.29, 0.717) is 5.89 Å². The Kier molecular flexibility index (Phi) is 1.37. The molecule has 0 fully saturated rings. The average molecular weight is 142 g/mol. The summed E-state index contributed by atoms with van der Waals surface area (Å²) in [5.41, 5.74) is 10.2. The predicted molar refractivity (Wildman–Crippen MR) is 35.9 cm³/mol. The van der Waals surface area contributed by atoms with Gasteiger partial charge in [-0.2, -0.15) is 0 Å². The molecule has 1 heterocycles. The number of nitrogens with zero attached hydrogens (tertiary/aromatic N) is 2. The van der Waals surface area contributed by atoms with Gasteiger partial charge in [0, 0.05) is 0 Å². The van der Waals surface area contributed by atoms with Crippen molar-refractivity contribution < 1.29 is 4.42 Å². The van der Waals surface area contributed by atoms with Gasteiger partial charge in [-0.15, -0.1) is 5.10 Å². The molecule has 0 bridgehead atoms. The second kappa shape index (κ2) is 1.95. The first kappa shape index (κ1) is 7.01. The van der Waals surface area contributed by atoms with Crippen LogP contribution in [0.2, 0.25) is 0 Å². The van der Waals surface area contributed by atoms with E-state index in [4.69, 9.17) is 15.9 Å². The van der Waals surface area contributed by atoms with Crippen LogP contribution in [0.4, 0.5) is 6.01 Å². The van der Waals surface area contributed by atoms with Crippen LogP contribution in [0.15, 0.2) is 4.42 Å². The molecule has 56 valence electrons. The molecule has 0 aliphatic rings. The second-order valence-electron chi connectivity index (χ2n) is 2.67. The van der Waals surface area contributed by atoms with E-state index in [-0.39, 0.29) is 6.01 Å². The molecule has 5 nitrogen and oxygen atoms in total. The topological polar surface area (TPSA) is 91.0 Å². The van der Waals surface area contributed by atoms with E-state index in [2.05, 4.69) is 10.2 Å². The highest BCUT2D eigenvalue weighted by molar-refractivity contribution is 5.08. The second-order valence-corrected chi connectivity index (χ2v) is 2.67. The van der Waals surface area contributed by atoms with Crippen molar-refractivity contribution in [2.75, 3.05) is 5.73 Å². The molecule has 0 atom stereocenters. The summed E-state index contributed by atoms with van der Waals surface area (Å²) in [4.78, 5) is 0. The fraction of sp³-hybridized carbons (Fsp3) is 0.600. The zero-order chi connectivity index (χ0) is 7.78. The number of hydrogen-bond donors (Lipinski definition) is 2. The Bertz CT molecular complexity index is 224. The highest BCUT2D eigenvalue weighted by atomic mass is 16.4. The van der Waals surface area contributed by atoms with Crippen LogP contribution in [0.3, 0.4) is 0 Å². The predicted octanol–water partition coefficient (Wildman–Crippen LogP) is -0.154. The first-order valence-corrected chi connectivity index (χ1v) is 2.88. The van der Waals surface area contributed by atoms with Crippen molar-refractivity contribution in [1.82, 2.24) is 10.2 Å². The molecule has 0 spiro atoms. The summed E-state index contributed by atoms with van der Waals surface area (Å²) in [5.74, 6) is 0.352. The summed E-state index contributed by atoms with van der Waals surface area (Å²) in [5, 5.41) is 7.08. The standard InChI is InChI=1S/C5H10N4O/c1-5(2,7)3-8-9-4(6)10-3/h7H2,1-2H3,(H2,6,9). The molecule has 1 rings (SSSR count). The number of aromatic nitrogens is 2. The average Bonchev–Trinajstić information content (AvgIpc) is 2.11. The van der Waals surface area contributed by atoms with E-state index in [0.717, 1.165) is 0 Å². The maximum absolute atomic E-state index is 5.62. The lowest BCUT2D eigenvalue weighted by atomic mass is 10.1. The summed E-state index contributed by atoms with van der Waals surface area (Å²) >= 11 is 0.